The molecule has 3 aromatic rings. The van der Waals surface area contributed by atoms with Crippen molar-refractivity contribution < 1.29 is 0 Å². The minimum absolute atomic E-state index is 0.820. The molecule has 0 unspecified atom stereocenters. The molecule has 0 amide bonds. The van der Waals surface area contributed by atoms with E-state index in [1.165, 1.54) is 22.4 Å². The summed E-state index contributed by atoms with van der Waals surface area (Å²) in [4.78, 5) is 0. The lowest BCUT2D eigenvalue weighted by atomic mass is 10.1. The Morgan fingerprint density at radius 3 is 2.33 bits per heavy atom. The van der Waals surface area contributed by atoms with Crippen molar-refractivity contribution in [1.82, 2.24) is 15.1 Å². The Morgan fingerprint density at radius 1 is 0.917 bits per heavy atom. The number of hydrogen-bond donors (Lipinski definition) is 1. The molecule has 0 aliphatic rings. The first-order valence-corrected chi connectivity index (χ1v) is 8.95. The van der Waals surface area contributed by atoms with E-state index in [0.717, 1.165) is 29.8 Å². The highest BCUT2D eigenvalue weighted by Crippen LogP contribution is 2.15. The molecule has 1 heterocycles. The highest BCUT2D eigenvalue weighted by atomic mass is 79.9. The number of aryl methyl sites for hydroxylation is 1. The van der Waals surface area contributed by atoms with Crippen LogP contribution in [0.2, 0.25) is 0 Å². The minimum Gasteiger partial charge on any atom is -0.308 e. The molecule has 0 saturated heterocycles. The topological polar surface area (TPSA) is 29.9 Å². The van der Waals surface area contributed by atoms with E-state index in [1.54, 1.807) is 0 Å². The van der Waals surface area contributed by atoms with Crippen LogP contribution >= 0.6 is 15.9 Å². The molecular weight excluding hydrogens is 362 g/mol. The largest absolute Gasteiger partial charge is 0.308 e. The third kappa shape index (κ3) is 4.13. The quantitative estimate of drug-likeness (QED) is 0.673. The maximum atomic E-state index is 4.71. The van der Waals surface area contributed by atoms with Crippen LogP contribution in [0, 0.1) is 13.8 Å². The third-order valence-electron chi connectivity index (χ3n) is 4.25. The molecule has 1 N–H and O–H groups in total. The van der Waals surface area contributed by atoms with Crippen LogP contribution in [-0.2, 0) is 19.6 Å². The molecule has 0 aliphatic heterocycles. The SMILES string of the molecule is Cc1nn(Cc2ccccc2)c(C)c1CNCc1ccc(Br)cc1. The number of rotatable bonds is 6. The van der Waals surface area contributed by atoms with E-state index in [9.17, 15) is 0 Å². The maximum Gasteiger partial charge on any atom is 0.0662 e. The molecule has 1 aromatic heterocycles. The maximum absolute atomic E-state index is 4.71. The number of hydrogen-bond acceptors (Lipinski definition) is 2. The van der Waals surface area contributed by atoms with Gasteiger partial charge in [0.2, 0.25) is 0 Å². The predicted molar refractivity (Wildman–Crippen MR) is 102 cm³/mol. The first kappa shape index (κ1) is 16.9. The number of benzene rings is 2. The lowest BCUT2D eigenvalue weighted by Crippen LogP contribution is -2.14. The molecule has 0 aliphatic carbocycles. The molecule has 0 fully saturated rings. The summed E-state index contributed by atoms with van der Waals surface area (Å²) in [6.07, 6.45) is 0. The van der Waals surface area contributed by atoms with Crippen molar-refractivity contribution in [3.63, 3.8) is 0 Å². The fourth-order valence-corrected chi connectivity index (χ4v) is 3.10. The normalized spacial score (nSPS) is 11.0. The molecule has 0 radical (unpaired) electrons. The smallest absolute Gasteiger partial charge is 0.0662 e. The molecule has 124 valence electrons. The fraction of sp³-hybridized carbons (Fsp3) is 0.250. The summed E-state index contributed by atoms with van der Waals surface area (Å²) in [6, 6.07) is 18.9. The Balaban J connectivity index is 1.64. The summed E-state index contributed by atoms with van der Waals surface area (Å²) in [7, 11) is 0. The second-order valence-electron chi connectivity index (χ2n) is 6.02. The molecule has 2 aromatic carbocycles. The highest BCUT2D eigenvalue weighted by molar-refractivity contribution is 9.10. The number of halogens is 1. The number of nitrogens with zero attached hydrogens (tertiary/aromatic N) is 2. The van der Waals surface area contributed by atoms with Gasteiger partial charge in [-0.2, -0.15) is 5.10 Å². The van der Waals surface area contributed by atoms with Gasteiger partial charge in [-0.25, -0.2) is 0 Å². The van der Waals surface area contributed by atoms with Gasteiger partial charge in [0.05, 0.1) is 12.2 Å². The van der Waals surface area contributed by atoms with Crippen molar-refractivity contribution >= 4 is 15.9 Å². The Hall–Kier alpha value is -1.91. The molecule has 0 atom stereocenters. The van der Waals surface area contributed by atoms with E-state index >= 15 is 0 Å². The average molecular weight is 384 g/mol. The molecule has 3 nitrogen and oxygen atoms in total. The van der Waals surface area contributed by atoms with E-state index in [4.69, 9.17) is 5.10 Å². The summed E-state index contributed by atoms with van der Waals surface area (Å²) in [5.41, 5.74) is 6.19. The van der Waals surface area contributed by atoms with Crippen LogP contribution in [0.1, 0.15) is 28.1 Å². The summed E-state index contributed by atoms with van der Waals surface area (Å²) in [5, 5.41) is 8.24. The molecule has 0 bridgehead atoms. The summed E-state index contributed by atoms with van der Waals surface area (Å²) in [6.45, 7) is 6.75. The number of nitrogens with one attached hydrogen (secondary N) is 1. The Kier molecular flexibility index (Phi) is 5.48. The van der Waals surface area contributed by atoms with Gasteiger partial charge in [0.1, 0.15) is 0 Å². The van der Waals surface area contributed by atoms with Crippen LogP contribution in [0.4, 0.5) is 0 Å². The van der Waals surface area contributed by atoms with Crippen LogP contribution in [0.3, 0.4) is 0 Å². The van der Waals surface area contributed by atoms with Gasteiger partial charge in [-0.15, -0.1) is 0 Å². The summed E-state index contributed by atoms with van der Waals surface area (Å²) in [5.74, 6) is 0. The van der Waals surface area contributed by atoms with E-state index < -0.39 is 0 Å². The van der Waals surface area contributed by atoms with Crippen LogP contribution in [-0.4, -0.2) is 9.78 Å². The second kappa shape index (κ2) is 7.77. The van der Waals surface area contributed by atoms with Gasteiger partial charge in [-0.3, -0.25) is 4.68 Å². The highest BCUT2D eigenvalue weighted by Gasteiger charge is 2.11. The molecular formula is C20H22BrN3. The lowest BCUT2D eigenvalue weighted by Gasteiger charge is -2.07. The first-order chi connectivity index (χ1) is 11.6. The molecule has 0 saturated carbocycles. The molecule has 4 heteroatoms. The van der Waals surface area contributed by atoms with Crippen LogP contribution in [0.25, 0.3) is 0 Å². The monoisotopic (exact) mass is 383 g/mol. The van der Waals surface area contributed by atoms with Crippen molar-refractivity contribution in [2.45, 2.75) is 33.5 Å². The van der Waals surface area contributed by atoms with Crippen molar-refractivity contribution in [3.05, 3.63) is 87.1 Å². The van der Waals surface area contributed by atoms with E-state index in [0.29, 0.717) is 0 Å². The zero-order chi connectivity index (χ0) is 16.9. The standard InChI is InChI=1S/C20H22BrN3/c1-15-20(13-22-12-17-8-10-19(21)11-9-17)16(2)24(23-15)14-18-6-4-3-5-7-18/h3-11,22H,12-14H2,1-2H3. The van der Waals surface area contributed by atoms with Crippen molar-refractivity contribution in [3.8, 4) is 0 Å². The summed E-state index contributed by atoms with van der Waals surface area (Å²) >= 11 is 3.47. The van der Waals surface area contributed by atoms with Crippen LogP contribution in [0.5, 0.6) is 0 Å². The average Bonchev–Trinajstić information content (AvgIpc) is 2.85. The molecule has 3 rings (SSSR count). The van der Waals surface area contributed by atoms with Gasteiger partial charge in [0.25, 0.3) is 0 Å². The third-order valence-corrected chi connectivity index (χ3v) is 4.78. The first-order valence-electron chi connectivity index (χ1n) is 8.15. The van der Waals surface area contributed by atoms with Gasteiger partial charge in [-0.1, -0.05) is 58.4 Å². The Bertz CT molecular complexity index is 792. The molecule has 0 spiro atoms. The minimum atomic E-state index is 0.820. The van der Waals surface area contributed by atoms with Gasteiger partial charge in [0, 0.05) is 28.8 Å². The van der Waals surface area contributed by atoms with Gasteiger partial charge in [0.15, 0.2) is 0 Å². The van der Waals surface area contributed by atoms with Crippen LogP contribution in [0.15, 0.2) is 59.1 Å². The van der Waals surface area contributed by atoms with Gasteiger partial charge < -0.3 is 5.32 Å². The zero-order valence-corrected chi connectivity index (χ0v) is 15.7. The Morgan fingerprint density at radius 2 is 1.62 bits per heavy atom. The second-order valence-corrected chi connectivity index (χ2v) is 6.94. The zero-order valence-electron chi connectivity index (χ0n) is 14.1. The van der Waals surface area contributed by atoms with Gasteiger partial charge >= 0.3 is 0 Å². The van der Waals surface area contributed by atoms with Crippen molar-refractivity contribution in [2.75, 3.05) is 0 Å². The van der Waals surface area contributed by atoms with E-state index in [1.807, 2.05) is 6.07 Å². The predicted octanol–water partition coefficient (Wildman–Crippen LogP) is 4.60. The van der Waals surface area contributed by atoms with Crippen LogP contribution < -0.4 is 5.32 Å². The van der Waals surface area contributed by atoms with E-state index in [-0.39, 0.29) is 0 Å². The van der Waals surface area contributed by atoms with Gasteiger partial charge in [-0.05, 0) is 37.1 Å². The summed E-state index contributed by atoms with van der Waals surface area (Å²) < 4.78 is 3.21. The fourth-order valence-electron chi connectivity index (χ4n) is 2.83. The Labute approximate surface area is 151 Å². The lowest BCUT2D eigenvalue weighted by molar-refractivity contribution is 0.653. The van der Waals surface area contributed by atoms with Crippen molar-refractivity contribution in [1.29, 1.82) is 0 Å². The number of aromatic nitrogens is 2. The van der Waals surface area contributed by atoms with E-state index in [2.05, 4.69) is 88.3 Å². The van der Waals surface area contributed by atoms with Crippen molar-refractivity contribution in [2.24, 2.45) is 0 Å². The molecule has 24 heavy (non-hydrogen) atoms.